The van der Waals surface area contributed by atoms with Gasteiger partial charge in [0.1, 0.15) is 12.7 Å². The fraction of sp³-hybridized carbons (Fsp3) is 0.550. The SMILES string of the molecule is CCCN1CCC2(CC1)CN(C(=O)c1ccc(-n3cnnc3)cc1)CCO2. The second-order valence-corrected chi connectivity index (χ2v) is 7.52. The summed E-state index contributed by atoms with van der Waals surface area (Å²) >= 11 is 0. The number of aromatic nitrogens is 3. The first-order valence-corrected chi connectivity index (χ1v) is 9.80. The molecule has 2 aliphatic heterocycles. The van der Waals surface area contributed by atoms with Crippen molar-refractivity contribution in [3.05, 3.63) is 42.5 Å². The summed E-state index contributed by atoms with van der Waals surface area (Å²) in [6.45, 7) is 7.46. The average molecular weight is 369 g/mol. The highest BCUT2D eigenvalue weighted by Gasteiger charge is 2.40. The van der Waals surface area contributed by atoms with E-state index in [1.54, 1.807) is 12.7 Å². The van der Waals surface area contributed by atoms with E-state index in [1.807, 2.05) is 33.7 Å². The van der Waals surface area contributed by atoms with Crippen LogP contribution in [0.4, 0.5) is 0 Å². The Bertz CT molecular complexity index is 751. The lowest BCUT2D eigenvalue weighted by Gasteiger charge is -2.47. The van der Waals surface area contributed by atoms with Crippen molar-refractivity contribution in [1.29, 1.82) is 0 Å². The van der Waals surface area contributed by atoms with Gasteiger partial charge in [-0.1, -0.05) is 6.92 Å². The van der Waals surface area contributed by atoms with Crippen LogP contribution in [0, 0.1) is 0 Å². The van der Waals surface area contributed by atoms with Crippen molar-refractivity contribution in [2.45, 2.75) is 31.8 Å². The van der Waals surface area contributed by atoms with Crippen LogP contribution in [-0.4, -0.2) is 75.4 Å². The van der Waals surface area contributed by atoms with E-state index in [-0.39, 0.29) is 11.5 Å². The molecule has 0 atom stereocenters. The van der Waals surface area contributed by atoms with Gasteiger partial charge >= 0.3 is 0 Å². The molecular weight excluding hydrogens is 342 g/mol. The molecule has 1 amide bonds. The largest absolute Gasteiger partial charge is 0.371 e. The molecule has 0 unspecified atom stereocenters. The summed E-state index contributed by atoms with van der Waals surface area (Å²) in [4.78, 5) is 17.5. The van der Waals surface area contributed by atoms with Gasteiger partial charge in [0.2, 0.25) is 0 Å². The molecule has 2 fully saturated rings. The Morgan fingerprint density at radius 3 is 2.48 bits per heavy atom. The van der Waals surface area contributed by atoms with Gasteiger partial charge in [0.25, 0.3) is 5.91 Å². The van der Waals surface area contributed by atoms with E-state index in [9.17, 15) is 4.79 Å². The number of nitrogens with zero attached hydrogens (tertiary/aromatic N) is 5. The summed E-state index contributed by atoms with van der Waals surface area (Å²) in [5, 5.41) is 7.63. The van der Waals surface area contributed by atoms with Crippen molar-refractivity contribution < 1.29 is 9.53 Å². The van der Waals surface area contributed by atoms with Crippen LogP contribution in [0.15, 0.2) is 36.9 Å². The number of piperidine rings is 1. The maximum absolute atomic E-state index is 13.0. The molecule has 144 valence electrons. The Morgan fingerprint density at radius 1 is 1.11 bits per heavy atom. The number of hydrogen-bond donors (Lipinski definition) is 0. The molecule has 0 saturated carbocycles. The highest BCUT2D eigenvalue weighted by Crippen LogP contribution is 2.30. The number of carbonyl (C=O) groups excluding carboxylic acids is 1. The Kier molecular flexibility index (Phi) is 5.22. The van der Waals surface area contributed by atoms with Crippen LogP contribution in [0.1, 0.15) is 36.5 Å². The molecule has 0 radical (unpaired) electrons. The number of ether oxygens (including phenoxy) is 1. The molecule has 7 nitrogen and oxygen atoms in total. The van der Waals surface area contributed by atoms with Crippen molar-refractivity contribution in [3.8, 4) is 5.69 Å². The number of likely N-dealkylation sites (tertiary alicyclic amines) is 1. The lowest BCUT2D eigenvalue weighted by molar-refractivity contribution is -0.127. The second kappa shape index (κ2) is 7.78. The van der Waals surface area contributed by atoms with Crippen molar-refractivity contribution in [3.63, 3.8) is 0 Å². The summed E-state index contributed by atoms with van der Waals surface area (Å²) < 4.78 is 8.00. The number of hydrogen-bond acceptors (Lipinski definition) is 5. The zero-order valence-corrected chi connectivity index (χ0v) is 15.9. The van der Waals surface area contributed by atoms with Gasteiger partial charge in [0.15, 0.2) is 0 Å². The van der Waals surface area contributed by atoms with E-state index in [0.717, 1.165) is 38.2 Å². The maximum Gasteiger partial charge on any atom is 0.254 e. The summed E-state index contributed by atoms with van der Waals surface area (Å²) in [6, 6.07) is 7.61. The summed E-state index contributed by atoms with van der Waals surface area (Å²) in [7, 11) is 0. The van der Waals surface area contributed by atoms with Gasteiger partial charge in [-0.05, 0) is 50.1 Å². The van der Waals surface area contributed by atoms with Crippen molar-refractivity contribution in [2.75, 3.05) is 39.3 Å². The molecule has 3 heterocycles. The van der Waals surface area contributed by atoms with Gasteiger partial charge in [-0.15, -0.1) is 10.2 Å². The number of morpholine rings is 1. The first-order chi connectivity index (χ1) is 13.2. The van der Waals surface area contributed by atoms with E-state index in [1.165, 1.54) is 6.42 Å². The van der Waals surface area contributed by atoms with E-state index in [0.29, 0.717) is 25.3 Å². The first-order valence-electron chi connectivity index (χ1n) is 9.80. The zero-order valence-electron chi connectivity index (χ0n) is 15.9. The standard InChI is InChI=1S/C20H27N5O2/c1-2-9-23-10-7-20(8-11-23)14-24(12-13-27-20)19(26)17-3-5-18(6-4-17)25-15-21-22-16-25/h3-6,15-16H,2,7-14H2,1H3. The third kappa shape index (κ3) is 3.89. The smallest absolute Gasteiger partial charge is 0.254 e. The number of amides is 1. The second-order valence-electron chi connectivity index (χ2n) is 7.52. The Morgan fingerprint density at radius 2 is 1.81 bits per heavy atom. The molecule has 1 spiro atoms. The molecular formula is C20H27N5O2. The molecule has 7 heteroatoms. The topological polar surface area (TPSA) is 63.5 Å². The van der Waals surface area contributed by atoms with E-state index >= 15 is 0 Å². The lowest BCUT2D eigenvalue weighted by Crippen LogP contribution is -2.58. The lowest BCUT2D eigenvalue weighted by atomic mass is 9.89. The van der Waals surface area contributed by atoms with Gasteiger partial charge in [-0.2, -0.15) is 0 Å². The minimum Gasteiger partial charge on any atom is -0.371 e. The van der Waals surface area contributed by atoms with Crippen LogP contribution in [0.25, 0.3) is 5.69 Å². The number of benzene rings is 1. The molecule has 27 heavy (non-hydrogen) atoms. The predicted molar refractivity (Wildman–Crippen MR) is 102 cm³/mol. The molecule has 2 saturated heterocycles. The molecule has 0 N–H and O–H groups in total. The van der Waals surface area contributed by atoms with Gasteiger partial charge in [0, 0.05) is 30.9 Å². The van der Waals surface area contributed by atoms with Crippen LogP contribution in [0.2, 0.25) is 0 Å². The summed E-state index contributed by atoms with van der Waals surface area (Å²) in [5.41, 5.74) is 1.49. The van der Waals surface area contributed by atoms with E-state index < -0.39 is 0 Å². The van der Waals surface area contributed by atoms with Crippen molar-refractivity contribution in [1.82, 2.24) is 24.6 Å². The zero-order chi connectivity index (χ0) is 18.7. The number of rotatable bonds is 4. The minimum absolute atomic E-state index is 0.0870. The van der Waals surface area contributed by atoms with Gasteiger partial charge in [-0.25, -0.2) is 0 Å². The maximum atomic E-state index is 13.0. The van der Waals surface area contributed by atoms with Gasteiger partial charge in [0.05, 0.1) is 18.8 Å². The third-order valence-electron chi connectivity index (χ3n) is 5.67. The van der Waals surface area contributed by atoms with E-state index in [2.05, 4.69) is 22.0 Å². The van der Waals surface area contributed by atoms with Crippen molar-refractivity contribution in [2.24, 2.45) is 0 Å². The van der Waals surface area contributed by atoms with Gasteiger partial charge in [-0.3, -0.25) is 9.36 Å². The van der Waals surface area contributed by atoms with Crippen LogP contribution in [0.5, 0.6) is 0 Å². The third-order valence-corrected chi connectivity index (χ3v) is 5.67. The normalized spacial score (nSPS) is 20.1. The van der Waals surface area contributed by atoms with E-state index in [4.69, 9.17) is 4.74 Å². The van der Waals surface area contributed by atoms with Crippen LogP contribution < -0.4 is 0 Å². The molecule has 4 rings (SSSR count). The monoisotopic (exact) mass is 369 g/mol. The predicted octanol–water partition coefficient (Wildman–Crippen LogP) is 1.98. The van der Waals surface area contributed by atoms with Crippen LogP contribution >= 0.6 is 0 Å². The highest BCUT2D eigenvalue weighted by atomic mass is 16.5. The fourth-order valence-electron chi connectivity index (χ4n) is 4.11. The highest BCUT2D eigenvalue weighted by molar-refractivity contribution is 5.94. The summed E-state index contributed by atoms with van der Waals surface area (Å²) in [5.74, 6) is 0.0870. The Hall–Kier alpha value is -2.25. The molecule has 1 aromatic heterocycles. The number of carbonyl (C=O) groups is 1. The average Bonchev–Trinajstić information content (AvgIpc) is 3.25. The Labute approximate surface area is 159 Å². The van der Waals surface area contributed by atoms with Crippen molar-refractivity contribution >= 4 is 5.91 Å². The van der Waals surface area contributed by atoms with Crippen LogP contribution in [-0.2, 0) is 4.74 Å². The molecule has 0 aliphatic carbocycles. The van der Waals surface area contributed by atoms with Crippen LogP contribution in [0.3, 0.4) is 0 Å². The molecule has 2 aliphatic rings. The quantitative estimate of drug-likeness (QED) is 0.825. The fourth-order valence-corrected chi connectivity index (χ4v) is 4.11. The first kappa shape index (κ1) is 18.1. The molecule has 1 aromatic carbocycles. The minimum atomic E-state index is -0.166. The Balaban J connectivity index is 1.41. The van der Waals surface area contributed by atoms with Gasteiger partial charge < -0.3 is 14.5 Å². The molecule has 0 bridgehead atoms. The molecule has 2 aromatic rings. The summed E-state index contributed by atoms with van der Waals surface area (Å²) in [6.07, 6.45) is 6.48.